The van der Waals surface area contributed by atoms with Crippen LogP contribution in [0.15, 0.2) is 42.5 Å². The first-order chi connectivity index (χ1) is 9.10. The van der Waals surface area contributed by atoms with E-state index in [1.165, 1.54) is 12.1 Å². The average Bonchev–Trinajstić information content (AvgIpc) is 2.39. The van der Waals surface area contributed by atoms with Crippen LogP contribution < -0.4 is 5.73 Å². The molecule has 19 heavy (non-hydrogen) atoms. The first-order valence-corrected chi connectivity index (χ1v) is 5.99. The van der Waals surface area contributed by atoms with Gasteiger partial charge in [-0.1, -0.05) is 12.1 Å². The van der Waals surface area contributed by atoms with Gasteiger partial charge in [0.15, 0.2) is 0 Å². The zero-order valence-corrected chi connectivity index (χ0v) is 10.2. The fraction of sp³-hybridized carbons (Fsp3) is 0.200. The van der Waals surface area contributed by atoms with Gasteiger partial charge in [0.25, 0.3) is 0 Å². The van der Waals surface area contributed by atoms with E-state index >= 15 is 0 Å². The van der Waals surface area contributed by atoms with Crippen LogP contribution >= 0.6 is 0 Å². The van der Waals surface area contributed by atoms with Crippen molar-refractivity contribution in [3.63, 3.8) is 0 Å². The zero-order valence-electron chi connectivity index (χ0n) is 10.2. The monoisotopic (exact) mass is 265 g/mol. The maximum atomic E-state index is 13.6. The van der Waals surface area contributed by atoms with Gasteiger partial charge < -0.3 is 5.73 Å². The minimum atomic E-state index is -0.494. The highest BCUT2D eigenvalue weighted by molar-refractivity contribution is 5.26. The van der Waals surface area contributed by atoms with Crippen molar-refractivity contribution < 1.29 is 13.2 Å². The highest BCUT2D eigenvalue weighted by Crippen LogP contribution is 2.22. The highest BCUT2D eigenvalue weighted by Gasteiger charge is 2.14. The molecule has 2 rings (SSSR count). The summed E-state index contributed by atoms with van der Waals surface area (Å²) in [5, 5.41) is 0. The Morgan fingerprint density at radius 3 is 2.37 bits per heavy atom. The molecule has 4 heteroatoms. The SMILES string of the molecule is NCC(Cc1cc(F)ccc1F)c1cccc(F)c1. The van der Waals surface area contributed by atoms with E-state index in [9.17, 15) is 13.2 Å². The second-order valence-electron chi connectivity index (χ2n) is 4.43. The molecule has 0 amide bonds. The number of benzene rings is 2. The van der Waals surface area contributed by atoms with Crippen LogP contribution in [-0.2, 0) is 6.42 Å². The summed E-state index contributed by atoms with van der Waals surface area (Å²) in [4.78, 5) is 0. The van der Waals surface area contributed by atoms with Crippen LogP contribution in [0.2, 0.25) is 0 Å². The van der Waals surface area contributed by atoms with Gasteiger partial charge in [0, 0.05) is 5.92 Å². The Bertz CT molecular complexity index is 569. The van der Waals surface area contributed by atoms with E-state index in [0.29, 0.717) is 5.56 Å². The molecule has 0 heterocycles. The summed E-state index contributed by atoms with van der Waals surface area (Å²) in [5.41, 5.74) is 6.59. The van der Waals surface area contributed by atoms with Crippen LogP contribution in [0.1, 0.15) is 17.0 Å². The summed E-state index contributed by atoms with van der Waals surface area (Å²) < 4.78 is 39.9. The molecule has 0 radical (unpaired) electrons. The Hall–Kier alpha value is -1.81. The molecule has 0 fully saturated rings. The molecule has 1 nitrogen and oxygen atoms in total. The highest BCUT2D eigenvalue weighted by atomic mass is 19.1. The van der Waals surface area contributed by atoms with E-state index in [1.807, 2.05) is 0 Å². The van der Waals surface area contributed by atoms with E-state index in [4.69, 9.17) is 5.73 Å². The molecular formula is C15H14F3N. The Balaban J connectivity index is 2.26. The number of halogens is 3. The standard InChI is InChI=1S/C15H14F3N/c16-13-3-1-2-10(7-13)12(9-19)6-11-8-14(17)4-5-15(11)18/h1-5,7-8,12H,6,9,19H2. The lowest BCUT2D eigenvalue weighted by Gasteiger charge is -2.16. The smallest absolute Gasteiger partial charge is 0.126 e. The molecule has 0 bridgehead atoms. The molecule has 0 spiro atoms. The van der Waals surface area contributed by atoms with Gasteiger partial charge in [-0.25, -0.2) is 13.2 Å². The first-order valence-electron chi connectivity index (χ1n) is 5.99. The van der Waals surface area contributed by atoms with Gasteiger partial charge >= 0.3 is 0 Å². The topological polar surface area (TPSA) is 26.0 Å². The van der Waals surface area contributed by atoms with Crippen LogP contribution in [0.25, 0.3) is 0 Å². The maximum Gasteiger partial charge on any atom is 0.126 e. The summed E-state index contributed by atoms with van der Waals surface area (Å²) in [6.45, 7) is 0.236. The lowest BCUT2D eigenvalue weighted by Crippen LogP contribution is -2.16. The van der Waals surface area contributed by atoms with Crippen LogP contribution in [0.3, 0.4) is 0 Å². The number of rotatable bonds is 4. The molecule has 2 aromatic carbocycles. The molecule has 0 aliphatic carbocycles. The van der Waals surface area contributed by atoms with Crippen molar-refractivity contribution in [3.8, 4) is 0 Å². The Labute approximate surface area is 109 Å². The van der Waals surface area contributed by atoms with Gasteiger partial charge in [0.1, 0.15) is 17.5 Å². The fourth-order valence-corrected chi connectivity index (χ4v) is 2.06. The quantitative estimate of drug-likeness (QED) is 0.901. The normalized spacial score (nSPS) is 12.4. The molecule has 1 unspecified atom stereocenters. The molecule has 0 saturated heterocycles. The summed E-state index contributed by atoms with van der Waals surface area (Å²) in [5.74, 6) is -1.58. The van der Waals surface area contributed by atoms with Crippen molar-refractivity contribution in [2.45, 2.75) is 12.3 Å². The second kappa shape index (κ2) is 5.89. The van der Waals surface area contributed by atoms with E-state index in [1.54, 1.807) is 12.1 Å². The minimum Gasteiger partial charge on any atom is -0.330 e. The lowest BCUT2D eigenvalue weighted by molar-refractivity contribution is 0.568. The summed E-state index contributed by atoms with van der Waals surface area (Å²) in [7, 11) is 0. The zero-order chi connectivity index (χ0) is 13.8. The predicted octanol–water partition coefficient (Wildman–Crippen LogP) is 3.39. The molecule has 0 aromatic heterocycles. The van der Waals surface area contributed by atoms with E-state index in [0.717, 1.165) is 18.2 Å². The van der Waals surface area contributed by atoms with Crippen LogP contribution in [0.5, 0.6) is 0 Å². The number of nitrogens with two attached hydrogens (primary N) is 1. The number of hydrogen-bond acceptors (Lipinski definition) is 1. The Morgan fingerprint density at radius 2 is 1.68 bits per heavy atom. The van der Waals surface area contributed by atoms with Crippen molar-refractivity contribution in [1.29, 1.82) is 0 Å². The van der Waals surface area contributed by atoms with Gasteiger partial charge in [-0.15, -0.1) is 0 Å². The molecule has 1 atom stereocenters. The van der Waals surface area contributed by atoms with Crippen molar-refractivity contribution in [1.82, 2.24) is 0 Å². The van der Waals surface area contributed by atoms with Gasteiger partial charge in [-0.2, -0.15) is 0 Å². The van der Waals surface area contributed by atoms with Crippen LogP contribution in [-0.4, -0.2) is 6.54 Å². The molecule has 0 aliphatic heterocycles. The lowest BCUT2D eigenvalue weighted by atomic mass is 9.92. The fourth-order valence-electron chi connectivity index (χ4n) is 2.06. The van der Waals surface area contributed by atoms with E-state index in [-0.39, 0.29) is 30.3 Å². The molecule has 2 N–H and O–H groups in total. The number of hydrogen-bond donors (Lipinski definition) is 1. The largest absolute Gasteiger partial charge is 0.330 e. The summed E-state index contributed by atoms with van der Waals surface area (Å²) in [6.07, 6.45) is 0.240. The average molecular weight is 265 g/mol. The Kier molecular flexibility index (Phi) is 4.22. The summed E-state index contributed by atoms with van der Waals surface area (Å²) in [6, 6.07) is 9.32. The maximum absolute atomic E-state index is 13.6. The van der Waals surface area contributed by atoms with Gasteiger partial charge in [-0.3, -0.25) is 0 Å². The summed E-state index contributed by atoms with van der Waals surface area (Å²) >= 11 is 0. The van der Waals surface area contributed by atoms with Gasteiger partial charge in [0.2, 0.25) is 0 Å². The molecule has 100 valence electrons. The predicted molar refractivity (Wildman–Crippen MR) is 68.3 cm³/mol. The molecule has 0 aliphatic rings. The van der Waals surface area contributed by atoms with Gasteiger partial charge in [0.05, 0.1) is 0 Å². The minimum absolute atomic E-state index is 0.236. The van der Waals surface area contributed by atoms with Crippen molar-refractivity contribution in [2.24, 2.45) is 5.73 Å². The molecular weight excluding hydrogens is 251 g/mol. The second-order valence-corrected chi connectivity index (χ2v) is 4.43. The van der Waals surface area contributed by atoms with Crippen molar-refractivity contribution >= 4 is 0 Å². The third-order valence-corrected chi connectivity index (χ3v) is 3.08. The van der Waals surface area contributed by atoms with E-state index in [2.05, 4.69) is 0 Å². The molecule has 2 aromatic rings. The van der Waals surface area contributed by atoms with Crippen molar-refractivity contribution in [3.05, 3.63) is 71.0 Å². The van der Waals surface area contributed by atoms with Gasteiger partial charge in [-0.05, 0) is 54.4 Å². The Morgan fingerprint density at radius 1 is 0.947 bits per heavy atom. The van der Waals surface area contributed by atoms with Crippen molar-refractivity contribution in [2.75, 3.05) is 6.54 Å². The van der Waals surface area contributed by atoms with Crippen LogP contribution in [0.4, 0.5) is 13.2 Å². The molecule has 0 saturated carbocycles. The third-order valence-electron chi connectivity index (χ3n) is 3.08. The van der Waals surface area contributed by atoms with E-state index < -0.39 is 11.6 Å². The first kappa shape index (κ1) is 13.6. The third kappa shape index (κ3) is 3.35. The van der Waals surface area contributed by atoms with Crippen LogP contribution in [0, 0.1) is 17.5 Å².